The van der Waals surface area contributed by atoms with Crippen LogP contribution in [-0.4, -0.2) is 6.04 Å². The summed E-state index contributed by atoms with van der Waals surface area (Å²) in [6.07, 6.45) is 15.6. The Labute approximate surface area is 455 Å². The van der Waals surface area contributed by atoms with Crippen LogP contribution in [0.3, 0.4) is 0 Å². The predicted molar refractivity (Wildman–Crippen MR) is 326 cm³/mol. The summed E-state index contributed by atoms with van der Waals surface area (Å²) < 4.78 is 0. The van der Waals surface area contributed by atoms with Gasteiger partial charge in [-0.25, -0.2) is 0 Å². The van der Waals surface area contributed by atoms with Crippen LogP contribution >= 0.6 is 0 Å². The summed E-state index contributed by atoms with van der Waals surface area (Å²) in [7, 11) is 0. The lowest BCUT2D eigenvalue weighted by Gasteiger charge is -2.38. The number of rotatable bonds is 6. The monoisotopic (exact) mass is 995 g/mol. The van der Waals surface area contributed by atoms with E-state index >= 15 is 0 Å². The Kier molecular flexibility index (Phi) is 11.4. The molecule has 7 aromatic rings. The molecule has 5 aliphatic rings. The van der Waals surface area contributed by atoms with Crippen molar-refractivity contribution in [3.8, 4) is 22.3 Å². The standard InChI is InChI=1S/C74H78N2/c1-69(2,3)47-27-35-51(36-28-47)75(52-37-29-48(30-38-52)70(4,5)6)55-43-44-59-63(45-55)74(61-25-19-15-21-56(61)57-22-16-20-26-62(57)74)64-46-65(67-58-23-17-18-24-60(58)73(13,14)68(67)66(59)64)76(53-39-31-49(32-40-53)71(7,8)9)54-41-33-50(34-42-54)72(10,11)12/h15,17-19,21-41,43-46,54H,16,20,42H2,1-14H3. The average Bonchev–Trinajstić information content (AvgIpc) is 4.18. The number of hydrogen-bond acceptors (Lipinski definition) is 2. The van der Waals surface area contributed by atoms with Gasteiger partial charge in [0, 0.05) is 33.7 Å². The van der Waals surface area contributed by atoms with Gasteiger partial charge in [0.05, 0.1) is 17.1 Å². The van der Waals surface area contributed by atoms with Gasteiger partial charge in [0.1, 0.15) is 0 Å². The minimum Gasteiger partial charge on any atom is -0.334 e. The van der Waals surface area contributed by atoms with Crippen LogP contribution in [0, 0.1) is 5.41 Å². The highest BCUT2D eigenvalue weighted by Gasteiger charge is 2.57. The predicted octanol–water partition coefficient (Wildman–Crippen LogP) is 20.2. The van der Waals surface area contributed by atoms with Gasteiger partial charge in [0.2, 0.25) is 0 Å². The Morgan fingerprint density at radius 3 is 1.51 bits per heavy atom. The maximum Gasteiger partial charge on any atom is 0.0723 e. The number of benzene rings is 7. The third kappa shape index (κ3) is 7.70. The summed E-state index contributed by atoms with van der Waals surface area (Å²) in [5, 5.41) is 0. The first-order chi connectivity index (χ1) is 36.0. The number of nitrogens with zero attached hydrogens (tertiary/aromatic N) is 2. The van der Waals surface area contributed by atoms with E-state index in [0.717, 1.165) is 36.3 Å². The van der Waals surface area contributed by atoms with Crippen LogP contribution < -0.4 is 9.80 Å². The third-order valence-corrected chi connectivity index (χ3v) is 17.8. The molecule has 2 nitrogen and oxygen atoms in total. The Bertz CT molecular complexity index is 3540. The number of hydrogen-bond donors (Lipinski definition) is 0. The molecule has 7 aromatic carbocycles. The molecular weight excluding hydrogens is 917 g/mol. The molecule has 0 amide bonds. The van der Waals surface area contributed by atoms with Crippen molar-refractivity contribution in [1.29, 1.82) is 0 Å². The normalized spacial score (nSPS) is 19.0. The summed E-state index contributed by atoms with van der Waals surface area (Å²) in [6.45, 7) is 32.8. The summed E-state index contributed by atoms with van der Waals surface area (Å²) in [5.41, 5.74) is 27.3. The van der Waals surface area contributed by atoms with Gasteiger partial charge in [-0.3, -0.25) is 0 Å². The zero-order valence-corrected chi connectivity index (χ0v) is 47.8. The topological polar surface area (TPSA) is 6.48 Å². The van der Waals surface area contributed by atoms with Gasteiger partial charge in [-0.05, 0) is 179 Å². The minimum atomic E-state index is -0.570. The molecule has 76 heavy (non-hydrogen) atoms. The highest BCUT2D eigenvalue weighted by atomic mass is 15.2. The van der Waals surface area contributed by atoms with E-state index in [4.69, 9.17) is 0 Å². The van der Waals surface area contributed by atoms with E-state index in [0.29, 0.717) is 0 Å². The average molecular weight is 995 g/mol. The quantitative estimate of drug-likeness (QED) is 0.164. The molecule has 5 aliphatic carbocycles. The Morgan fingerprint density at radius 1 is 0.447 bits per heavy atom. The molecule has 0 saturated carbocycles. The molecule has 2 atom stereocenters. The van der Waals surface area contributed by atoms with Crippen molar-refractivity contribution >= 4 is 34.0 Å². The molecule has 384 valence electrons. The van der Waals surface area contributed by atoms with Crippen LogP contribution in [0.5, 0.6) is 0 Å². The van der Waals surface area contributed by atoms with Gasteiger partial charge < -0.3 is 9.80 Å². The van der Waals surface area contributed by atoms with E-state index < -0.39 is 5.41 Å². The van der Waals surface area contributed by atoms with Gasteiger partial charge in [-0.15, -0.1) is 0 Å². The maximum atomic E-state index is 2.73. The zero-order valence-electron chi connectivity index (χ0n) is 47.8. The summed E-state index contributed by atoms with van der Waals surface area (Å²) in [5.74, 6) is 0. The molecule has 0 aliphatic heterocycles. The van der Waals surface area contributed by atoms with Crippen LogP contribution in [0.4, 0.5) is 28.4 Å². The molecule has 2 unspecified atom stereocenters. The third-order valence-electron chi connectivity index (χ3n) is 17.8. The SMILES string of the molecule is CC(C)(C)C1=CCC(N(c2ccc(C(C)(C)C)cc2)c2cc3c(c4c2-c2ccccc2C4(C)C)-c2ccc(N(c4ccc(C(C)(C)C)cc4)c4ccc(C(C)(C)C)cc4)cc2C32C3=CCCC=C3c3ccccc32)C=C1. The Hall–Kier alpha value is -6.90. The molecule has 0 radical (unpaired) electrons. The lowest BCUT2D eigenvalue weighted by atomic mass is 9.68. The van der Waals surface area contributed by atoms with Crippen LogP contribution in [0.1, 0.15) is 166 Å². The summed E-state index contributed by atoms with van der Waals surface area (Å²) in [6, 6.07) is 57.4. The van der Waals surface area contributed by atoms with Crippen molar-refractivity contribution in [2.24, 2.45) is 5.41 Å². The van der Waals surface area contributed by atoms with Gasteiger partial charge in [-0.2, -0.15) is 0 Å². The first-order valence-electron chi connectivity index (χ1n) is 28.3. The largest absolute Gasteiger partial charge is 0.334 e. The van der Waals surface area contributed by atoms with Crippen molar-refractivity contribution in [1.82, 2.24) is 0 Å². The second-order valence-electron chi connectivity index (χ2n) is 27.2. The smallest absolute Gasteiger partial charge is 0.0723 e. The molecule has 12 rings (SSSR count). The number of anilines is 5. The van der Waals surface area contributed by atoms with Crippen LogP contribution in [-0.2, 0) is 27.1 Å². The van der Waals surface area contributed by atoms with Crippen molar-refractivity contribution in [3.05, 3.63) is 237 Å². The fraction of sp³-hybridized carbons (Fsp3) is 0.324. The van der Waals surface area contributed by atoms with Gasteiger partial charge in [-0.1, -0.05) is 218 Å². The van der Waals surface area contributed by atoms with Crippen molar-refractivity contribution < 1.29 is 0 Å². The number of fused-ring (bicyclic) bond motifs is 14. The minimum absolute atomic E-state index is 0.0311. The van der Waals surface area contributed by atoms with Crippen LogP contribution in [0.25, 0.3) is 27.8 Å². The molecule has 0 bridgehead atoms. The van der Waals surface area contributed by atoms with E-state index in [1.807, 2.05) is 0 Å². The molecule has 2 heteroatoms. The lowest BCUT2D eigenvalue weighted by Crippen LogP contribution is -2.33. The van der Waals surface area contributed by atoms with Gasteiger partial charge in [0.25, 0.3) is 0 Å². The second kappa shape index (κ2) is 17.3. The van der Waals surface area contributed by atoms with Gasteiger partial charge >= 0.3 is 0 Å². The van der Waals surface area contributed by atoms with E-state index in [1.54, 1.807) is 0 Å². The molecule has 0 fully saturated rings. The molecule has 0 saturated heterocycles. The molecule has 0 aromatic heterocycles. The second-order valence-corrected chi connectivity index (χ2v) is 27.2. The fourth-order valence-electron chi connectivity index (χ4n) is 13.8. The zero-order chi connectivity index (χ0) is 53.5. The highest BCUT2D eigenvalue weighted by Crippen LogP contribution is 2.69. The lowest BCUT2D eigenvalue weighted by molar-refractivity contribution is 0.510. The van der Waals surface area contributed by atoms with Gasteiger partial charge in [0.15, 0.2) is 0 Å². The van der Waals surface area contributed by atoms with E-state index in [9.17, 15) is 0 Å². The Morgan fingerprint density at radius 2 is 0.961 bits per heavy atom. The fourth-order valence-corrected chi connectivity index (χ4v) is 13.8. The summed E-state index contributed by atoms with van der Waals surface area (Å²) >= 11 is 0. The summed E-state index contributed by atoms with van der Waals surface area (Å²) in [4.78, 5) is 5.24. The maximum absolute atomic E-state index is 2.73. The first kappa shape index (κ1) is 49.9. The van der Waals surface area contributed by atoms with Crippen molar-refractivity contribution in [2.45, 2.75) is 149 Å². The van der Waals surface area contributed by atoms with Crippen molar-refractivity contribution in [2.75, 3.05) is 9.80 Å². The molecule has 0 N–H and O–H groups in total. The molecular formula is C74H78N2. The molecule has 1 spiro atoms. The van der Waals surface area contributed by atoms with Crippen LogP contribution in [0.15, 0.2) is 187 Å². The van der Waals surface area contributed by atoms with Crippen LogP contribution in [0.2, 0.25) is 0 Å². The molecule has 0 heterocycles. The first-order valence-corrected chi connectivity index (χ1v) is 28.3. The van der Waals surface area contributed by atoms with Crippen molar-refractivity contribution in [3.63, 3.8) is 0 Å². The number of allylic oxidation sites excluding steroid dienone is 6. The van der Waals surface area contributed by atoms with E-state index in [2.05, 4.69) is 283 Å². The van der Waals surface area contributed by atoms with E-state index in [1.165, 1.54) is 100 Å². The Balaban J connectivity index is 1.18. The highest BCUT2D eigenvalue weighted by molar-refractivity contribution is 6.07. The van der Waals surface area contributed by atoms with E-state index in [-0.39, 0.29) is 33.1 Å².